The first-order chi connectivity index (χ1) is 8.97. The standard InChI is InChI=1S/C11H7Cl2FN2O3/c12-7-3-6(14)1-2-9(7)19-5-16-4-8(13)10(15-16)11(17)18/h1-4H,5H2,(H,17,18). The number of carboxylic acid groups (broad SMARTS) is 1. The third kappa shape index (κ3) is 3.15. The van der Waals surface area contributed by atoms with Crippen molar-refractivity contribution in [3.05, 3.63) is 46.0 Å². The minimum absolute atomic E-state index is 0.00121. The Morgan fingerprint density at radius 3 is 2.74 bits per heavy atom. The van der Waals surface area contributed by atoms with Crippen molar-refractivity contribution < 1.29 is 19.0 Å². The van der Waals surface area contributed by atoms with Gasteiger partial charge in [0, 0.05) is 6.20 Å². The molecular weight excluding hydrogens is 298 g/mol. The van der Waals surface area contributed by atoms with E-state index in [1.807, 2.05) is 0 Å². The van der Waals surface area contributed by atoms with Crippen LogP contribution in [0.3, 0.4) is 0 Å². The molecule has 2 rings (SSSR count). The van der Waals surface area contributed by atoms with E-state index in [-0.39, 0.29) is 28.2 Å². The van der Waals surface area contributed by atoms with Gasteiger partial charge in [-0.15, -0.1) is 0 Å². The topological polar surface area (TPSA) is 64.3 Å². The summed E-state index contributed by atoms with van der Waals surface area (Å²) in [5, 5.41) is 12.6. The first-order valence-corrected chi connectivity index (χ1v) is 5.77. The van der Waals surface area contributed by atoms with Crippen LogP contribution in [0.2, 0.25) is 10.0 Å². The van der Waals surface area contributed by atoms with Crippen molar-refractivity contribution in [1.29, 1.82) is 0 Å². The SMILES string of the molecule is O=C(O)c1nn(COc2ccc(F)cc2Cl)cc1Cl. The third-order valence-corrected chi connectivity index (χ3v) is 2.74. The smallest absolute Gasteiger partial charge is 0.357 e. The van der Waals surface area contributed by atoms with Gasteiger partial charge in [0.15, 0.2) is 12.4 Å². The van der Waals surface area contributed by atoms with E-state index in [0.717, 1.165) is 6.07 Å². The summed E-state index contributed by atoms with van der Waals surface area (Å²) >= 11 is 11.4. The molecule has 0 saturated heterocycles. The number of halogens is 3. The lowest BCUT2D eigenvalue weighted by Gasteiger charge is -2.07. The van der Waals surface area contributed by atoms with Gasteiger partial charge in [0.25, 0.3) is 0 Å². The molecule has 0 unspecified atom stereocenters. The molecule has 0 aliphatic rings. The second kappa shape index (κ2) is 5.46. The van der Waals surface area contributed by atoms with E-state index in [9.17, 15) is 9.18 Å². The first-order valence-electron chi connectivity index (χ1n) is 5.01. The number of hydrogen-bond donors (Lipinski definition) is 1. The molecule has 0 amide bonds. The van der Waals surface area contributed by atoms with E-state index in [2.05, 4.69) is 5.10 Å². The number of carboxylic acids is 1. The number of aromatic nitrogens is 2. The fourth-order valence-electron chi connectivity index (χ4n) is 1.34. The van der Waals surface area contributed by atoms with Crippen LogP contribution in [0.15, 0.2) is 24.4 Å². The third-order valence-electron chi connectivity index (χ3n) is 2.17. The molecule has 0 atom stereocenters. The van der Waals surface area contributed by atoms with Gasteiger partial charge in [-0.25, -0.2) is 13.9 Å². The number of ether oxygens (including phenoxy) is 1. The van der Waals surface area contributed by atoms with E-state index >= 15 is 0 Å². The van der Waals surface area contributed by atoms with Crippen molar-refractivity contribution in [2.24, 2.45) is 0 Å². The van der Waals surface area contributed by atoms with Gasteiger partial charge in [-0.3, -0.25) is 0 Å². The van der Waals surface area contributed by atoms with Gasteiger partial charge in [0.1, 0.15) is 11.6 Å². The number of aromatic carboxylic acids is 1. The fraction of sp³-hybridized carbons (Fsp3) is 0.0909. The Morgan fingerprint density at radius 2 is 2.16 bits per heavy atom. The number of rotatable bonds is 4. The molecule has 0 aliphatic heterocycles. The molecule has 1 heterocycles. The molecular formula is C11H7Cl2FN2O3. The fourth-order valence-corrected chi connectivity index (χ4v) is 1.79. The maximum Gasteiger partial charge on any atom is 0.357 e. The average molecular weight is 305 g/mol. The van der Waals surface area contributed by atoms with E-state index in [1.54, 1.807) is 0 Å². The molecule has 19 heavy (non-hydrogen) atoms. The van der Waals surface area contributed by atoms with Gasteiger partial charge >= 0.3 is 5.97 Å². The minimum atomic E-state index is -1.23. The van der Waals surface area contributed by atoms with Gasteiger partial charge in [-0.1, -0.05) is 23.2 Å². The summed E-state index contributed by atoms with van der Waals surface area (Å²) in [6, 6.07) is 3.66. The van der Waals surface area contributed by atoms with Gasteiger partial charge in [-0.05, 0) is 18.2 Å². The molecule has 0 saturated carbocycles. The summed E-state index contributed by atoms with van der Waals surface area (Å²) in [6.07, 6.45) is 1.31. The van der Waals surface area contributed by atoms with Crippen molar-refractivity contribution in [2.45, 2.75) is 6.73 Å². The number of benzene rings is 1. The highest BCUT2D eigenvalue weighted by atomic mass is 35.5. The predicted molar refractivity (Wildman–Crippen MR) is 66.2 cm³/mol. The zero-order valence-corrected chi connectivity index (χ0v) is 10.8. The summed E-state index contributed by atoms with van der Waals surface area (Å²) in [7, 11) is 0. The molecule has 0 fully saturated rings. The zero-order chi connectivity index (χ0) is 14.0. The molecule has 0 spiro atoms. The quantitative estimate of drug-likeness (QED) is 0.943. The van der Waals surface area contributed by atoms with Crippen LogP contribution in [-0.2, 0) is 6.73 Å². The van der Waals surface area contributed by atoms with Crippen LogP contribution in [0.4, 0.5) is 4.39 Å². The van der Waals surface area contributed by atoms with E-state index in [4.69, 9.17) is 33.0 Å². The Balaban J connectivity index is 2.10. The van der Waals surface area contributed by atoms with Gasteiger partial charge < -0.3 is 9.84 Å². The average Bonchev–Trinajstić information content (AvgIpc) is 2.69. The summed E-state index contributed by atoms with van der Waals surface area (Å²) in [5.74, 6) is -1.46. The highest BCUT2D eigenvalue weighted by molar-refractivity contribution is 6.33. The lowest BCUT2D eigenvalue weighted by Crippen LogP contribution is -2.08. The first kappa shape index (κ1) is 13.6. The summed E-state index contributed by atoms with van der Waals surface area (Å²) in [4.78, 5) is 10.7. The van der Waals surface area contributed by atoms with E-state index < -0.39 is 11.8 Å². The number of nitrogens with zero attached hydrogens (tertiary/aromatic N) is 2. The van der Waals surface area contributed by atoms with Gasteiger partial charge in [-0.2, -0.15) is 5.10 Å². The van der Waals surface area contributed by atoms with Crippen LogP contribution in [0.1, 0.15) is 10.5 Å². The van der Waals surface area contributed by atoms with E-state index in [1.165, 1.54) is 23.0 Å². The van der Waals surface area contributed by atoms with Gasteiger partial charge in [0.05, 0.1) is 10.0 Å². The van der Waals surface area contributed by atoms with Crippen LogP contribution in [0.5, 0.6) is 5.75 Å². The number of carbonyl (C=O) groups is 1. The normalized spacial score (nSPS) is 10.5. The Hall–Kier alpha value is -1.79. The Bertz CT molecular complexity index is 630. The highest BCUT2D eigenvalue weighted by Crippen LogP contribution is 2.25. The monoisotopic (exact) mass is 304 g/mol. The lowest BCUT2D eigenvalue weighted by atomic mass is 10.3. The molecule has 100 valence electrons. The Kier molecular flexibility index (Phi) is 3.92. The number of hydrogen-bond acceptors (Lipinski definition) is 3. The lowest BCUT2D eigenvalue weighted by molar-refractivity contribution is 0.0688. The van der Waals surface area contributed by atoms with Crippen LogP contribution in [-0.4, -0.2) is 20.9 Å². The molecule has 0 aliphatic carbocycles. The largest absolute Gasteiger partial charge is 0.476 e. The summed E-state index contributed by atoms with van der Waals surface area (Å²) in [6.45, 7) is -0.0989. The Morgan fingerprint density at radius 1 is 1.42 bits per heavy atom. The van der Waals surface area contributed by atoms with Crippen molar-refractivity contribution in [3.8, 4) is 5.75 Å². The molecule has 2 aromatic rings. The molecule has 1 N–H and O–H groups in total. The summed E-state index contributed by atoms with van der Waals surface area (Å²) in [5.41, 5.74) is -0.268. The minimum Gasteiger partial charge on any atom is -0.476 e. The molecule has 1 aromatic carbocycles. The van der Waals surface area contributed by atoms with Gasteiger partial charge in [0.2, 0.25) is 0 Å². The molecule has 1 aromatic heterocycles. The summed E-state index contributed by atoms with van der Waals surface area (Å²) < 4.78 is 19.3. The van der Waals surface area contributed by atoms with Crippen molar-refractivity contribution in [2.75, 3.05) is 0 Å². The zero-order valence-electron chi connectivity index (χ0n) is 9.31. The second-order valence-corrected chi connectivity index (χ2v) is 4.33. The second-order valence-electron chi connectivity index (χ2n) is 3.52. The van der Waals surface area contributed by atoms with Crippen molar-refractivity contribution >= 4 is 29.2 Å². The molecule has 0 bridgehead atoms. The van der Waals surface area contributed by atoms with Crippen LogP contribution >= 0.6 is 23.2 Å². The van der Waals surface area contributed by atoms with Crippen molar-refractivity contribution in [1.82, 2.24) is 9.78 Å². The predicted octanol–water partition coefficient (Wildman–Crippen LogP) is 3.06. The molecule has 0 radical (unpaired) electrons. The molecule has 5 nitrogen and oxygen atoms in total. The Labute approximate surface area is 117 Å². The maximum atomic E-state index is 12.8. The van der Waals surface area contributed by atoms with E-state index in [0.29, 0.717) is 0 Å². The van der Waals surface area contributed by atoms with Crippen LogP contribution in [0, 0.1) is 5.82 Å². The molecule has 8 heteroatoms. The van der Waals surface area contributed by atoms with Crippen LogP contribution < -0.4 is 4.74 Å². The maximum absolute atomic E-state index is 12.8. The van der Waals surface area contributed by atoms with Crippen molar-refractivity contribution in [3.63, 3.8) is 0 Å². The highest BCUT2D eigenvalue weighted by Gasteiger charge is 2.14. The van der Waals surface area contributed by atoms with Crippen LogP contribution in [0.25, 0.3) is 0 Å².